The van der Waals surface area contributed by atoms with Crippen molar-refractivity contribution in [3.63, 3.8) is 0 Å². The first-order valence-electron chi connectivity index (χ1n) is 5.80. The van der Waals surface area contributed by atoms with E-state index in [2.05, 4.69) is 15.6 Å². The van der Waals surface area contributed by atoms with Gasteiger partial charge in [0.05, 0.1) is 17.4 Å². The standard InChI is InChI=1S/C12H14N4OS/c1-8-4-16-5-9(2-3-11(16)14-8)15-12(17)10-6-18-7-13-10/h2-5,10,13H,6-7H2,1H3,(H,15,17). The van der Waals surface area contributed by atoms with Crippen molar-refractivity contribution < 1.29 is 4.79 Å². The van der Waals surface area contributed by atoms with Gasteiger partial charge in [-0.05, 0) is 19.1 Å². The normalized spacial score (nSPS) is 19.3. The van der Waals surface area contributed by atoms with E-state index >= 15 is 0 Å². The second-order valence-electron chi connectivity index (χ2n) is 4.33. The molecular formula is C12H14N4OS. The molecule has 0 saturated carbocycles. The highest BCUT2D eigenvalue weighted by Gasteiger charge is 2.22. The molecule has 1 atom stereocenters. The van der Waals surface area contributed by atoms with E-state index in [1.807, 2.05) is 35.9 Å². The SMILES string of the molecule is Cc1cn2cc(NC(=O)C3CSCN3)ccc2n1. The molecule has 1 amide bonds. The number of nitrogens with one attached hydrogen (secondary N) is 2. The Morgan fingerprint density at radius 1 is 1.56 bits per heavy atom. The molecule has 0 radical (unpaired) electrons. The van der Waals surface area contributed by atoms with Crippen LogP contribution in [0.1, 0.15) is 5.69 Å². The van der Waals surface area contributed by atoms with Gasteiger partial charge in [0.2, 0.25) is 5.91 Å². The summed E-state index contributed by atoms with van der Waals surface area (Å²) in [5, 5.41) is 6.07. The summed E-state index contributed by atoms with van der Waals surface area (Å²) in [6.45, 7) is 1.95. The molecule has 3 rings (SSSR count). The smallest absolute Gasteiger partial charge is 0.242 e. The number of imidazole rings is 1. The number of carbonyl (C=O) groups is 1. The molecule has 0 spiro atoms. The lowest BCUT2D eigenvalue weighted by Gasteiger charge is -2.10. The summed E-state index contributed by atoms with van der Waals surface area (Å²) < 4.78 is 1.92. The largest absolute Gasteiger partial charge is 0.323 e. The van der Waals surface area contributed by atoms with E-state index in [1.54, 1.807) is 11.8 Å². The highest BCUT2D eigenvalue weighted by Crippen LogP contribution is 2.14. The Morgan fingerprint density at radius 3 is 3.22 bits per heavy atom. The molecule has 1 aliphatic rings. The second kappa shape index (κ2) is 4.62. The van der Waals surface area contributed by atoms with Crippen LogP contribution < -0.4 is 10.6 Å². The monoisotopic (exact) mass is 262 g/mol. The number of amides is 1. The van der Waals surface area contributed by atoms with Crippen LogP contribution >= 0.6 is 11.8 Å². The molecule has 2 aromatic rings. The first kappa shape index (κ1) is 11.6. The molecule has 6 heteroatoms. The maximum Gasteiger partial charge on any atom is 0.242 e. The maximum atomic E-state index is 11.9. The van der Waals surface area contributed by atoms with Crippen LogP contribution in [0.25, 0.3) is 5.65 Å². The van der Waals surface area contributed by atoms with Gasteiger partial charge in [-0.1, -0.05) is 0 Å². The Bertz CT molecular complexity index is 589. The van der Waals surface area contributed by atoms with Gasteiger partial charge in [-0.3, -0.25) is 10.1 Å². The molecule has 0 aromatic carbocycles. The fourth-order valence-electron chi connectivity index (χ4n) is 1.99. The van der Waals surface area contributed by atoms with E-state index in [9.17, 15) is 4.79 Å². The summed E-state index contributed by atoms with van der Waals surface area (Å²) in [5.74, 6) is 1.70. The number of anilines is 1. The number of thioether (sulfide) groups is 1. The predicted octanol–water partition coefficient (Wildman–Crippen LogP) is 1.24. The zero-order valence-electron chi connectivity index (χ0n) is 10.0. The Morgan fingerprint density at radius 2 is 2.44 bits per heavy atom. The van der Waals surface area contributed by atoms with Crippen molar-refractivity contribution in [1.82, 2.24) is 14.7 Å². The van der Waals surface area contributed by atoms with Gasteiger partial charge in [-0.15, -0.1) is 11.8 Å². The van der Waals surface area contributed by atoms with E-state index in [1.165, 1.54) is 0 Å². The van der Waals surface area contributed by atoms with Gasteiger partial charge in [-0.2, -0.15) is 0 Å². The Kier molecular flexibility index (Phi) is 2.97. The van der Waals surface area contributed by atoms with Crippen LogP contribution in [0.5, 0.6) is 0 Å². The number of hydrogen-bond donors (Lipinski definition) is 2. The lowest BCUT2D eigenvalue weighted by atomic mass is 10.3. The molecule has 1 unspecified atom stereocenters. The molecule has 18 heavy (non-hydrogen) atoms. The first-order chi connectivity index (χ1) is 8.72. The molecule has 1 saturated heterocycles. The minimum Gasteiger partial charge on any atom is -0.323 e. The van der Waals surface area contributed by atoms with Gasteiger partial charge in [-0.25, -0.2) is 4.98 Å². The van der Waals surface area contributed by atoms with E-state index < -0.39 is 0 Å². The molecule has 2 aromatic heterocycles. The summed E-state index contributed by atoms with van der Waals surface area (Å²) in [5.41, 5.74) is 2.65. The van der Waals surface area contributed by atoms with Crippen molar-refractivity contribution in [2.24, 2.45) is 0 Å². The highest BCUT2D eigenvalue weighted by molar-refractivity contribution is 7.99. The van der Waals surface area contributed by atoms with Crippen molar-refractivity contribution in [2.75, 3.05) is 16.9 Å². The Labute approximate surface area is 109 Å². The summed E-state index contributed by atoms with van der Waals surface area (Å²) in [7, 11) is 0. The van der Waals surface area contributed by atoms with E-state index in [0.717, 1.165) is 28.7 Å². The number of aromatic nitrogens is 2. The van der Waals surface area contributed by atoms with Crippen LogP contribution in [0.15, 0.2) is 24.5 Å². The van der Waals surface area contributed by atoms with Gasteiger partial charge < -0.3 is 9.72 Å². The number of nitrogens with zero attached hydrogens (tertiary/aromatic N) is 2. The zero-order chi connectivity index (χ0) is 12.5. The van der Waals surface area contributed by atoms with Crippen LogP contribution in [0.2, 0.25) is 0 Å². The fourth-order valence-corrected chi connectivity index (χ4v) is 2.93. The van der Waals surface area contributed by atoms with Crippen molar-refractivity contribution in [3.8, 4) is 0 Å². The summed E-state index contributed by atoms with van der Waals surface area (Å²) in [6.07, 6.45) is 3.82. The third kappa shape index (κ3) is 2.21. The summed E-state index contributed by atoms with van der Waals surface area (Å²) in [4.78, 5) is 16.3. The van der Waals surface area contributed by atoms with Gasteiger partial charge in [0.1, 0.15) is 5.65 Å². The van der Waals surface area contributed by atoms with Gasteiger partial charge in [0.15, 0.2) is 0 Å². The molecule has 1 fully saturated rings. The van der Waals surface area contributed by atoms with Crippen molar-refractivity contribution in [2.45, 2.75) is 13.0 Å². The number of carbonyl (C=O) groups excluding carboxylic acids is 1. The van der Waals surface area contributed by atoms with Crippen LogP contribution in [0, 0.1) is 6.92 Å². The molecule has 94 valence electrons. The number of fused-ring (bicyclic) bond motifs is 1. The molecule has 2 N–H and O–H groups in total. The molecule has 1 aliphatic heterocycles. The van der Waals surface area contributed by atoms with Crippen LogP contribution in [0.4, 0.5) is 5.69 Å². The van der Waals surface area contributed by atoms with Crippen molar-refractivity contribution in [3.05, 3.63) is 30.2 Å². The number of rotatable bonds is 2. The van der Waals surface area contributed by atoms with Gasteiger partial charge >= 0.3 is 0 Å². The fraction of sp³-hybridized carbons (Fsp3) is 0.333. The highest BCUT2D eigenvalue weighted by atomic mass is 32.2. The topological polar surface area (TPSA) is 58.4 Å². The Hall–Kier alpha value is -1.53. The maximum absolute atomic E-state index is 11.9. The molecule has 3 heterocycles. The lowest BCUT2D eigenvalue weighted by molar-refractivity contribution is -0.117. The molecular weight excluding hydrogens is 248 g/mol. The minimum atomic E-state index is -0.0878. The molecule has 0 aliphatic carbocycles. The van der Waals surface area contributed by atoms with Crippen LogP contribution in [0.3, 0.4) is 0 Å². The van der Waals surface area contributed by atoms with E-state index in [0.29, 0.717) is 0 Å². The third-order valence-corrected chi connectivity index (χ3v) is 3.81. The van der Waals surface area contributed by atoms with Crippen LogP contribution in [-0.2, 0) is 4.79 Å². The number of hydrogen-bond acceptors (Lipinski definition) is 4. The first-order valence-corrected chi connectivity index (χ1v) is 6.95. The quantitative estimate of drug-likeness (QED) is 0.855. The predicted molar refractivity (Wildman–Crippen MR) is 72.8 cm³/mol. The van der Waals surface area contributed by atoms with Gasteiger partial charge in [0, 0.05) is 24.0 Å². The van der Waals surface area contributed by atoms with Crippen molar-refractivity contribution in [1.29, 1.82) is 0 Å². The van der Waals surface area contributed by atoms with E-state index in [4.69, 9.17) is 0 Å². The van der Waals surface area contributed by atoms with E-state index in [-0.39, 0.29) is 11.9 Å². The lowest BCUT2D eigenvalue weighted by Crippen LogP contribution is -2.37. The minimum absolute atomic E-state index is 0.0242. The van der Waals surface area contributed by atoms with Crippen LogP contribution in [-0.4, -0.2) is 33.0 Å². The average Bonchev–Trinajstić information content (AvgIpc) is 2.95. The number of pyridine rings is 1. The van der Waals surface area contributed by atoms with Gasteiger partial charge in [0.25, 0.3) is 0 Å². The molecule has 5 nitrogen and oxygen atoms in total. The second-order valence-corrected chi connectivity index (χ2v) is 5.36. The van der Waals surface area contributed by atoms with Crippen molar-refractivity contribution >= 4 is 29.0 Å². The zero-order valence-corrected chi connectivity index (χ0v) is 10.8. The average molecular weight is 262 g/mol. The summed E-state index contributed by atoms with van der Waals surface area (Å²) >= 11 is 1.74. The third-order valence-electron chi connectivity index (χ3n) is 2.87. The summed E-state index contributed by atoms with van der Waals surface area (Å²) in [6, 6.07) is 3.69. The number of aryl methyl sites for hydroxylation is 1. The molecule has 0 bridgehead atoms. The Balaban J connectivity index is 1.79.